The molecule has 2 aromatic heterocycles. The summed E-state index contributed by atoms with van der Waals surface area (Å²) in [6.45, 7) is 9.69. The van der Waals surface area contributed by atoms with Gasteiger partial charge >= 0.3 is 0 Å². The van der Waals surface area contributed by atoms with E-state index < -0.39 is 0 Å². The average Bonchev–Trinajstić information content (AvgIpc) is 2.79. The summed E-state index contributed by atoms with van der Waals surface area (Å²) >= 11 is 0. The lowest BCUT2D eigenvalue weighted by Gasteiger charge is -2.19. The minimum Gasteiger partial charge on any atom is -0.380 e. The van der Waals surface area contributed by atoms with Crippen LogP contribution >= 0.6 is 0 Å². The number of fused-ring (bicyclic) bond motifs is 1. The maximum atomic E-state index is 12.5. The van der Waals surface area contributed by atoms with Crippen molar-refractivity contribution >= 4 is 16.9 Å². The molecule has 3 rings (SSSR count). The molecule has 0 unspecified atom stereocenters. The predicted molar refractivity (Wildman–Crippen MR) is 92.1 cm³/mol. The van der Waals surface area contributed by atoms with Crippen molar-refractivity contribution in [3.8, 4) is 0 Å². The highest BCUT2D eigenvalue weighted by atomic mass is 16.5. The summed E-state index contributed by atoms with van der Waals surface area (Å²) in [5.41, 5.74) is 2.19. The minimum absolute atomic E-state index is 0.0720. The third-order valence-electron chi connectivity index (χ3n) is 4.37. The molecule has 0 saturated carbocycles. The lowest BCUT2D eigenvalue weighted by molar-refractivity contribution is 0.0946. The molecule has 1 saturated heterocycles. The number of hydrogen-bond donors (Lipinski definition) is 1. The molecular weight excluding hydrogens is 306 g/mol. The van der Waals surface area contributed by atoms with E-state index in [9.17, 15) is 4.79 Å². The van der Waals surface area contributed by atoms with Gasteiger partial charge in [-0.05, 0) is 26.3 Å². The second-order valence-electron chi connectivity index (χ2n) is 6.06. The Morgan fingerprint density at radius 2 is 2.25 bits per heavy atom. The van der Waals surface area contributed by atoms with Crippen LogP contribution in [0.15, 0.2) is 12.3 Å². The number of aryl methyl sites for hydroxylation is 2. The van der Waals surface area contributed by atoms with Crippen molar-refractivity contribution in [3.05, 3.63) is 23.5 Å². The van der Waals surface area contributed by atoms with E-state index in [-0.39, 0.29) is 5.91 Å². The fraction of sp³-hybridized carbons (Fsp3) is 0.588. The molecule has 7 nitrogen and oxygen atoms in total. The maximum Gasteiger partial charge on any atom is 0.253 e. The van der Waals surface area contributed by atoms with Gasteiger partial charge in [-0.1, -0.05) is 0 Å². The summed E-state index contributed by atoms with van der Waals surface area (Å²) in [4.78, 5) is 19.4. The summed E-state index contributed by atoms with van der Waals surface area (Å²) in [7, 11) is 0. The first-order valence-electron chi connectivity index (χ1n) is 8.60. The van der Waals surface area contributed by atoms with Crippen molar-refractivity contribution in [2.75, 3.05) is 39.4 Å². The molecule has 0 atom stereocenters. The number of aromatic nitrogens is 3. The Kier molecular flexibility index (Phi) is 5.42. The van der Waals surface area contributed by atoms with Gasteiger partial charge in [0.25, 0.3) is 5.91 Å². The molecular formula is C17H25N5O2. The highest BCUT2D eigenvalue weighted by molar-refractivity contribution is 5.98. The number of hydrogen-bond acceptors (Lipinski definition) is 5. The fourth-order valence-corrected chi connectivity index (χ4v) is 3.00. The van der Waals surface area contributed by atoms with Gasteiger partial charge in [-0.25, -0.2) is 9.67 Å². The van der Waals surface area contributed by atoms with Gasteiger partial charge in [0.2, 0.25) is 0 Å². The van der Waals surface area contributed by atoms with Gasteiger partial charge in [-0.3, -0.25) is 9.69 Å². The normalized spacial score (nSPS) is 16.2. The molecule has 0 radical (unpaired) electrons. The smallest absolute Gasteiger partial charge is 0.253 e. The zero-order valence-electron chi connectivity index (χ0n) is 14.4. The van der Waals surface area contributed by atoms with E-state index in [4.69, 9.17) is 4.74 Å². The average molecular weight is 331 g/mol. The molecule has 1 N–H and O–H groups in total. The number of amides is 1. The lowest BCUT2D eigenvalue weighted by atomic mass is 10.1. The number of rotatable bonds is 5. The van der Waals surface area contributed by atoms with Gasteiger partial charge in [0, 0.05) is 44.7 Å². The van der Waals surface area contributed by atoms with Crippen molar-refractivity contribution in [1.82, 2.24) is 25.0 Å². The fourth-order valence-electron chi connectivity index (χ4n) is 3.00. The van der Waals surface area contributed by atoms with Crippen LogP contribution in [0.4, 0.5) is 0 Å². The van der Waals surface area contributed by atoms with Gasteiger partial charge < -0.3 is 10.1 Å². The second kappa shape index (κ2) is 7.72. The number of nitrogens with one attached hydrogen (secondary N) is 1. The number of pyridine rings is 1. The van der Waals surface area contributed by atoms with Gasteiger partial charge in [-0.2, -0.15) is 5.10 Å². The number of ether oxygens (including phenoxy) is 1. The standard InChI is InChI=1S/C17H25N5O2/c1-3-22-16-14(12-19-22)11-15(13(2)20-16)17(23)18-5-7-21-6-4-9-24-10-8-21/h11-12H,3-10H2,1-2H3,(H,18,23). The molecule has 24 heavy (non-hydrogen) atoms. The van der Waals surface area contributed by atoms with E-state index in [1.807, 2.05) is 24.6 Å². The van der Waals surface area contributed by atoms with Gasteiger partial charge in [0.1, 0.15) is 0 Å². The number of carbonyl (C=O) groups excluding carboxylic acids is 1. The zero-order chi connectivity index (χ0) is 16.9. The van der Waals surface area contributed by atoms with E-state index in [1.54, 1.807) is 6.20 Å². The highest BCUT2D eigenvalue weighted by Crippen LogP contribution is 2.16. The largest absolute Gasteiger partial charge is 0.380 e. The summed E-state index contributed by atoms with van der Waals surface area (Å²) in [5.74, 6) is -0.0720. The van der Waals surface area contributed by atoms with Crippen LogP contribution in [0.3, 0.4) is 0 Å². The molecule has 7 heteroatoms. The van der Waals surface area contributed by atoms with E-state index >= 15 is 0 Å². The van der Waals surface area contributed by atoms with E-state index in [2.05, 4.69) is 20.3 Å². The Hall–Kier alpha value is -1.99. The molecule has 0 aromatic carbocycles. The molecule has 0 bridgehead atoms. The third kappa shape index (κ3) is 3.73. The third-order valence-corrected chi connectivity index (χ3v) is 4.37. The summed E-state index contributed by atoms with van der Waals surface area (Å²) in [5, 5.41) is 8.20. The predicted octanol–water partition coefficient (Wildman–Crippen LogP) is 1.21. The van der Waals surface area contributed by atoms with Gasteiger partial charge in [0.05, 0.1) is 24.1 Å². The molecule has 2 aromatic rings. The van der Waals surface area contributed by atoms with Crippen molar-refractivity contribution in [3.63, 3.8) is 0 Å². The van der Waals surface area contributed by atoms with Crippen LogP contribution in [-0.4, -0.2) is 65.0 Å². The molecule has 1 aliphatic rings. The van der Waals surface area contributed by atoms with Crippen molar-refractivity contribution < 1.29 is 9.53 Å². The monoisotopic (exact) mass is 331 g/mol. The van der Waals surface area contributed by atoms with Crippen molar-refractivity contribution in [2.45, 2.75) is 26.8 Å². The number of nitrogens with zero attached hydrogens (tertiary/aromatic N) is 4. The topological polar surface area (TPSA) is 72.3 Å². The van der Waals surface area contributed by atoms with E-state index in [0.717, 1.165) is 62.5 Å². The first-order chi connectivity index (χ1) is 11.7. The first-order valence-corrected chi connectivity index (χ1v) is 8.60. The van der Waals surface area contributed by atoms with Gasteiger partial charge in [0.15, 0.2) is 5.65 Å². The van der Waals surface area contributed by atoms with Gasteiger partial charge in [-0.15, -0.1) is 0 Å². The Morgan fingerprint density at radius 3 is 3.08 bits per heavy atom. The molecule has 0 aliphatic carbocycles. The molecule has 1 fully saturated rings. The van der Waals surface area contributed by atoms with Crippen LogP contribution in [0.25, 0.3) is 11.0 Å². The maximum absolute atomic E-state index is 12.5. The second-order valence-corrected chi connectivity index (χ2v) is 6.06. The Bertz CT molecular complexity index is 704. The van der Waals surface area contributed by atoms with Crippen molar-refractivity contribution in [1.29, 1.82) is 0 Å². The SMILES string of the molecule is CCn1ncc2cc(C(=O)NCCN3CCCOCC3)c(C)nc21. The van der Waals surface area contributed by atoms with Crippen molar-refractivity contribution in [2.24, 2.45) is 0 Å². The van der Waals surface area contributed by atoms with Crippen LogP contribution in [0.2, 0.25) is 0 Å². The minimum atomic E-state index is -0.0720. The van der Waals surface area contributed by atoms with Crippen LogP contribution in [0.5, 0.6) is 0 Å². The molecule has 130 valence electrons. The highest BCUT2D eigenvalue weighted by Gasteiger charge is 2.14. The van der Waals surface area contributed by atoms with Crippen LogP contribution in [0, 0.1) is 6.92 Å². The molecule has 1 aliphatic heterocycles. The first kappa shape index (κ1) is 16.9. The lowest BCUT2D eigenvalue weighted by Crippen LogP contribution is -2.36. The summed E-state index contributed by atoms with van der Waals surface area (Å²) in [6, 6.07) is 1.88. The quantitative estimate of drug-likeness (QED) is 0.892. The summed E-state index contributed by atoms with van der Waals surface area (Å²) < 4.78 is 7.28. The van der Waals surface area contributed by atoms with Crippen LogP contribution in [-0.2, 0) is 11.3 Å². The summed E-state index contributed by atoms with van der Waals surface area (Å²) in [6.07, 6.45) is 2.81. The zero-order valence-corrected chi connectivity index (χ0v) is 14.4. The Labute approximate surface area is 142 Å². The molecule has 3 heterocycles. The number of carbonyl (C=O) groups is 1. The Balaban J connectivity index is 1.62. The van der Waals surface area contributed by atoms with Crippen LogP contribution < -0.4 is 5.32 Å². The van der Waals surface area contributed by atoms with Crippen LogP contribution in [0.1, 0.15) is 29.4 Å². The van der Waals surface area contributed by atoms with E-state index in [1.165, 1.54) is 0 Å². The van der Waals surface area contributed by atoms with E-state index in [0.29, 0.717) is 12.1 Å². The Morgan fingerprint density at radius 1 is 1.38 bits per heavy atom. The molecule has 1 amide bonds. The molecule has 0 spiro atoms.